The summed E-state index contributed by atoms with van der Waals surface area (Å²) in [6.07, 6.45) is 7.20. The highest BCUT2D eigenvalue weighted by molar-refractivity contribution is 7.08. The van der Waals surface area contributed by atoms with Crippen molar-refractivity contribution < 1.29 is 4.79 Å². The highest BCUT2D eigenvalue weighted by Gasteiger charge is 2.17. The van der Waals surface area contributed by atoms with Crippen molar-refractivity contribution in [3.05, 3.63) is 59.0 Å². The molecule has 0 aliphatic heterocycles. The van der Waals surface area contributed by atoms with Crippen molar-refractivity contribution in [1.82, 2.24) is 24.0 Å². The molecule has 0 atom stereocenters. The minimum atomic E-state index is -0.176. The van der Waals surface area contributed by atoms with E-state index in [0.29, 0.717) is 10.7 Å². The van der Waals surface area contributed by atoms with E-state index in [-0.39, 0.29) is 5.91 Å². The van der Waals surface area contributed by atoms with Crippen molar-refractivity contribution in [2.45, 2.75) is 26.7 Å². The van der Waals surface area contributed by atoms with Crippen LogP contribution in [-0.4, -0.2) is 29.9 Å². The molecule has 4 aromatic rings. The van der Waals surface area contributed by atoms with Gasteiger partial charge in [0.2, 0.25) is 5.78 Å². The lowest BCUT2D eigenvalue weighted by atomic mass is 10.1. The van der Waals surface area contributed by atoms with Gasteiger partial charge in [-0.25, -0.2) is 9.97 Å². The average Bonchev–Trinajstić information content (AvgIpc) is 3.30. The van der Waals surface area contributed by atoms with Crippen molar-refractivity contribution in [2.75, 3.05) is 5.32 Å². The number of nitrogens with one attached hydrogen (secondary N) is 1. The molecule has 0 fully saturated rings. The van der Waals surface area contributed by atoms with Crippen LogP contribution in [0.5, 0.6) is 0 Å². The van der Waals surface area contributed by atoms with Gasteiger partial charge in [0.05, 0.1) is 11.4 Å². The molecule has 0 saturated carbocycles. The van der Waals surface area contributed by atoms with E-state index < -0.39 is 0 Å². The Morgan fingerprint density at radius 3 is 3.04 bits per heavy atom. The summed E-state index contributed by atoms with van der Waals surface area (Å²) in [7, 11) is 0. The number of aromatic nitrogens is 5. The Labute approximate surface area is 160 Å². The van der Waals surface area contributed by atoms with Crippen LogP contribution in [0.1, 0.15) is 34.3 Å². The van der Waals surface area contributed by atoms with Gasteiger partial charge < -0.3 is 5.32 Å². The zero-order valence-electron chi connectivity index (χ0n) is 15.0. The molecule has 7 nitrogen and oxygen atoms in total. The molecule has 1 N–H and O–H groups in total. The number of rotatable bonds is 5. The van der Waals surface area contributed by atoms with E-state index in [1.165, 1.54) is 0 Å². The monoisotopic (exact) mass is 378 g/mol. The number of imidazole rings is 1. The second-order valence-corrected chi connectivity index (χ2v) is 6.99. The molecule has 3 aromatic heterocycles. The lowest BCUT2D eigenvalue weighted by Crippen LogP contribution is -2.13. The highest BCUT2D eigenvalue weighted by Crippen LogP contribution is 2.26. The SMILES string of the molecule is CCCc1nnsc1C(=O)Nc1cc(-c2cn3cccnc3n2)ccc1C. The summed E-state index contributed by atoms with van der Waals surface area (Å²) >= 11 is 1.13. The van der Waals surface area contributed by atoms with Crippen LogP contribution in [0.3, 0.4) is 0 Å². The van der Waals surface area contributed by atoms with Gasteiger partial charge in [-0.3, -0.25) is 9.20 Å². The second-order valence-electron chi connectivity index (χ2n) is 6.24. The minimum Gasteiger partial charge on any atom is -0.321 e. The number of aryl methyl sites for hydroxylation is 2. The second kappa shape index (κ2) is 7.24. The average molecular weight is 378 g/mol. The van der Waals surface area contributed by atoms with Crippen LogP contribution in [0.2, 0.25) is 0 Å². The van der Waals surface area contributed by atoms with Gasteiger partial charge in [-0.15, -0.1) is 5.10 Å². The first kappa shape index (κ1) is 17.3. The number of hydrogen-bond acceptors (Lipinski definition) is 6. The zero-order chi connectivity index (χ0) is 18.8. The molecule has 0 aliphatic rings. The quantitative estimate of drug-likeness (QED) is 0.571. The first-order chi connectivity index (χ1) is 13.2. The molecular formula is C19H18N6OS. The molecular weight excluding hydrogens is 360 g/mol. The van der Waals surface area contributed by atoms with Crippen LogP contribution in [0, 0.1) is 6.92 Å². The number of hydrogen-bond donors (Lipinski definition) is 1. The van der Waals surface area contributed by atoms with Crippen LogP contribution in [-0.2, 0) is 6.42 Å². The van der Waals surface area contributed by atoms with Gasteiger partial charge in [0, 0.05) is 29.8 Å². The fraction of sp³-hybridized carbons (Fsp3) is 0.211. The van der Waals surface area contributed by atoms with E-state index in [9.17, 15) is 4.79 Å². The van der Waals surface area contributed by atoms with E-state index in [2.05, 4.69) is 31.8 Å². The predicted molar refractivity (Wildman–Crippen MR) is 105 cm³/mol. The van der Waals surface area contributed by atoms with Gasteiger partial charge in [-0.05, 0) is 42.6 Å². The number of carbonyl (C=O) groups excluding carboxylic acids is 1. The van der Waals surface area contributed by atoms with Crippen LogP contribution < -0.4 is 5.32 Å². The van der Waals surface area contributed by atoms with E-state index in [4.69, 9.17) is 0 Å². The Morgan fingerprint density at radius 1 is 1.33 bits per heavy atom. The predicted octanol–water partition coefficient (Wildman–Crippen LogP) is 3.76. The normalized spacial score (nSPS) is 11.0. The molecule has 4 rings (SSSR count). The first-order valence-electron chi connectivity index (χ1n) is 8.69. The fourth-order valence-corrected chi connectivity index (χ4v) is 3.45. The Bertz CT molecular complexity index is 1080. The zero-order valence-corrected chi connectivity index (χ0v) is 15.8. The maximum atomic E-state index is 12.7. The molecule has 27 heavy (non-hydrogen) atoms. The van der Waals surface area contributed by atoms with Gasteiger partial charge in [-0.2, -0.15) is 0 Å². The largest absolute Gasteiger partial charge is 0.321 e. The lowest BCUT2D eigenvalue weighted by molar-refractivity contribution is 0.102. The molecule has 3 heterocycles. The number of nitrogens with zero attached hydrogens (tertiary/aromatic N) is 5. The third-order valence-corrected chi connectivity index (χ3v) is 5.03. The molecule has 0 saturated heterocycles. The first-order valence-corrected chi connectivity index (χ1v) is 9.46. The maximum Gasteiger partial charge on any atom is 0.269 e. The molecule has 0 aliphatic carbocycles. The Morgan fingerprint density at radius 2 is 2.22 bits per heavy atom. The van der Waals surface area contributed by atoms with Crippen LogP contribution in [0.15, 0.2) is 42.9 Å². The van der Waals surface area contributed by atoms with E-state index in [1.54, 1.807) is 6.20 Å². The van der Waals surface area contributed by atoms with Crippen LogP contribution >= 0.6 is 11.5 Å². The summed E-state index contributed by atoms with van der Waals surface area (Å²) in [5.74, 6) is 0.462. The smallest absolute Gasteiger partial charge is 0.269 e. The number of fused-ring (bicyclic) bond motifs is 1. The topological polar surface area (TPSA) is 85.1 Å². The van der Waals surface area contributed by atoms with Gasteiger partial charge in [0.25, 0.3) is 5.91 Å². The van der Waals surface area contributed by atoms with Gasteiger partial charge in [0.15, 0.2) is 0 Å². The number of carbonyl (C=O) groups is 1. The Balaban J connectivity index is 1.64. The third-order valence-electron chi connectivity index (χ3n) is 4.27. The van der Waals surface area contributed by atoms with Crippen LogP contribution in [0.4, 0.5) is 5.69 Å². The highest BCUT2D eigenvalue weighted by atomic mass is 32.1. The molecule has 0 bridgehead atoms. The number of anilines is 1. The summed E-state index contributed by atoms with van der Waals surface area (Å²) < 4.78 is 5.79. The van der Waals surface area contributed by atoms with E-state index >= 15 is 0 Å². The molecule has 0 radical (unpaired) electrons. The summed E-state index contributed by atoms with van der Waals surface area (Å²) in [5, 5.41) is 7.07. The fourth-order valence-electron chi connectivity index (χ4n) is 2.85. The maximum absolute atomic E-state index is 12.7. The summed E-state index contributed by atoms with van der Waals surface area (Å²) in [6, 6.07) is 7.75. The summed E-state index contributed by atoms with van der Waals surface area (Å²) in [4.78, 5) is 22.1. The molecule has 0 spiro atoms. The molecule has 136 valence electrons. The standard InChI is InChI=1S/C19H18N6OS/c1-3-5-14-17(27-24-23-14)18(26)21-15-10-13(7-6-12(15)2)16-11-25-9-4-8-20-19(25)22-16/h4,6-11H,3,5H2,1-2H3,(H,21,26). The molecule has 0 unspecified atom stereocenters. The Kier molecular flexibility index (Phi) is 4.64. The van der Waals surface area contributed by atoms with Gasteiger partial charge in [-0.1, -0.05) is 30.0 Å². The van der Waals surface area contributed by atoms with Crippen molar-refractivity contribution >= 4 is 28.9 Å². The van der Waals surface area contributed by atoms with Crippen molar-refractivity contribution in [3.8, 4) is 11.3 Å². The number of benzene rings is 1. The van der Waals surface area contributed by atoms with Crippen LogP contribution in [0.25, 0.3) is 17.0 Å². The van der Waals surface area contributed by atoms with E-state index in [0.717, 1.165) is 52.6 Å². The van der Waals surface area contributed by atoms with Gasteiger partial charge >= 0.3 is 0 Å². The molecule has 8 heteroatoms. The van der Waals surface area contributed by atoms with Gasteiger partial charge in [0.1, 0.15) is 4.88 Å². The van der Waals surface area contributed by atoms with E-state index in [1.807, 2.05) is 48.0 Å². The summed E-state index contributed by atoms with van der Waals surface area (Å²) in [5.41, 5.74) is 4.19. The van der Waals surface area contributed by atoms with Crippen molar-refractivity contribution in [2.24, 2.45) is 0 Å². The summed E-state index contributed by atoms with van der Waals surface area (Å²) in [6.45, 7) is 4.01. The molecule has 1 amide bonds. The third kappa shape index (κ3) is 3.43. The Hall–Kier alpha value is -3.13. The lowest BCUT2D eigenvalue weighted by Gasteiger charge is -2.09. The van der Waals surface area contributed by atoms with Crippen molar-refractivity contribution in [1.29, 1.82) is 0 Å². The minimum absolute atomic E-state index is 0.176. The molecule has 1 aromatic carbocycles. The van der Waals surface area contributed by atoms with Crippen molar-refractivity contribution in [3.63, 3.8) is 0 Å². The number of amides is 1.